The number of amides is 1. The summed E-state index contributed by atoms with van der Waals surface area (Å²) in [6.45, 7) is 5.77. The summed E-state index contributed by atoms with van der Waals surface area (Å²) in [6.07, 6.45) is 2.42. The first-order valence-corrected chi connectivity index (χ1v) is 8.27. The zero-order valence-electron chi connectivity index (χ0n) is 14.1. The van der Waals surface area contributed by atoms with Gasteiger partial charge < -0.3 is 14.4 Å². The van der Waals surface area contributed by atoms with E-state index in [0.717, 1.165) is 17.7 Å². The number of carbonyl (C=O) groups excluding carboxylic acids is 1. The highest BCUT2D eigenvalue weighted by atomic mass is 16.5. The van der Waals surface area contributed by atoms with Crippen molar-refractivity contribution >= 4 is 11.6 Å². The third-order valence-electron chi connectivity index (χ3n) is 4.14. The predicted octanol–water partition coefficient (Wildman–Crippen LogP) is 3.22. The average Bonchev–Trinajstić information content (AvgIpc) is 3.10. The SMILES string of the molecule is CCN(C(=O)c1cccnc1O[C@H]1CCOC1)c1ccccc1C. The highest BCUT2D eigenvalue weighted by Gasteiger charge is 2.25. The molecule has 1 aliphatic heterocycles. The van der Waals surface area contributed by atoms with Gasteiger partial charge in [-0.05, 0) is 37.6 Å². The maximum absolute atomic E-state index is 13.1. The molecule has 0 spiro atoms. The van der Waals surface area contributed by atoms with Gasteiger partial charge in [0.1, 0.15) is 11.7 Å². The summed E-state index contributed by atoms with van der Waals surface area (Å²) in [5, 5.41) is 0. The minimum absolute atomic E-state index is 0.0417. The Bertz CT molecular complexity index is 711. The van der Waals surface area contributed by atoms with E-state index in [-0.39, 0.29) is 12.0 Å². The van der Waals surface area contributed by atoms with E-state index in [0.29, 0.717) is 31.2 Å². The van der Waals surface area contributed by atoms with Crippen molar-refractivity contribution in [1.29, 1.82) is 0 Å². The van der Waals surface area contributed by atoms with Gasteiger partial charge in [-0.25, -0.2) is 4.98 Å². The fourth-order valence-electron chi connectivity index (χ4n) is 2.85. The summed E-state index contributed by atoms with van der Waals surface area (Å²) in [6, 6.07) is 11.4. The molecule has 0 aliphatic carbocycles. The average molecular weight is 326 g/mol. The Morgan fingerprint density at radius 3 is 2.88 bits per heavy atom. The van der Waals surface area contributed by atoms with Crippen LogP contribution in [0.15, 0.2) is 42.6 Å². The standard InChI is InChI=1S/C19H22N2O3/c1-3-21(17-9-5-4-7-14(17)2)19(22)16-8-6-11-20-18(16)24-15-10-12-23-13-15/h4-9,11,15H,3,10,12-13H2,1-2H3/t15-/m0/s1. The summed E-state index contributed by atoms with van der Waals surface area (Å²) >= 11 is 0. The van der Waals surface area contributed by atoms with Crippen LogP contribution in [-0.2, 0) is 4.74 Å². The molecule has 0 saturated carbocycles. The number of aryl methyl sites for hydroxylation is 1. The van der Waals surface area contributed by atoms with Crippen molar-refractivity contribution in [1.82, 2.24) is 4.98 Å². The summed E-state index contributed by atoms with van der Waals surface area (Å²) in [7, 11) is 0. The lowest BCUT2D eigenvalue weighted by Crippen LogP contribution is -2.32. The molecule has 24 heavy (non-hydrogen) atoms. The van der Waals surface area contributed by atoms with Gasteiger partial charge in [0.15, 0.2) is 0 Å². The third kappa shape index (κ3) is 3.41. The molecular weight excluding hydrogens is 304 g/mol. The summed E-state index contributed by atoms with van der Waals surface area (Å²) in [5.74, 6) is 0.277. The second-order valence-electron chi connectivity index (χ2n) is 5.80. The molecule has 1 saturated heterocycles. The van der Waals surface area contributed by atoms with Crippen LogP contribution in [0.2, 0.25) is 0 Å². The Balaban J connectivity index is 1.89. The Labute approximate surface area is 142 Å². The minimum atomic E-state index is -0.103. The number of hydrogen-bond acceptors (Lipinski definition) is 4. The van der Waals surface area contributed by atoms with Crippen LogP contribution in [0.1, 0.15) is 29.3 Å². The number of ether oxygens (including phenoxy) is 2. The molecule has 1 atom stereocenters. The quantitative estimate of drug-likeness (QED) is 0.846. The number of para-hydroxylation sites is 1. The number of rotatable bonds is 5. The second kappa shape index (κ2) is 7.45. The molecule has 1 aromatic heterocycles. The molecular formula is C19H22N2O3. The first-order valence-electron chi connectivity index (χ1n) is 8.27. The lowest BCUT2D eigenvalue weighted by atomic mass is 10.1. The molecule has 1 fully saturated rings. The van der Waals surface area contributed by atoms with Crippen molar-refractivity contribution < 1.29 is 14.3 Å². The Hall–Kier alpha value is -2.40. The highest BCUT2D eigenvalue weighted by molar-refractivity contribution is 6.07. The van der Waals surface area contributed by atoms with Crippen molar-refractivity contribution in [3.63, 3.8) is 0 Å². The van der Waals surface area contributed by atoms with Gasteiger partial charge in [0.05, 0.1) is 13.2 Å². The lowest BCUT2D eigenvalue weighted by Gasteiger charge is -2.24. The molecule has 126 valence electrons. The minimum Gasteiger partial charge on any atom is -0.471 e. The van der Waals surface area contributed by atoms with E-state index in [2.05, 4.69) is 4.98 Å². The molecule has 5 heteroatoms. The summed E-state index contributed by atoms with van der Waals surface area (Å²) in [5.41, 5.74) is 2.45. The normalized spacial score (nSPS) is 16.8. The number of anilines is 1. The lowest BCUT2D eigenvalue weighted by molar-refractivity contribution is 0.0974. The molecule has 0 bridgehead atoms. The van der Waals surface area contributed by atoms with Gasteiger partial charge in [-0.1, -0.05) is 18.2 Å². The van der Waals surface area contributed by atoms with Gasteiger partial charge in [0, 0.05) is 24.8 Å². The van der Waals surface area contributed by atoms with E-state index in [1.165, 1.54) is 0 Å². The van der Waals surface area contributed by atoms with Gasteiger partial charge in [0.25, 0.3) is 5.91 Å². The van der Waals surface area contributed by atoms with Crippen molar-refractivity contribution in [2.45, 2.75) is 26.4 Å². The molecule has 2 aromatic rings. The number of benzene rings is 1. The topological polar surface area (TPSA) is 51.7 Å². The first-order chi connectivity index (χ1) is 11.7. The highest BCUT2D eigenvalue weighted by Crippen LogP contribution is 2.25. The van der Waals surface area contributed by atoms with E-state index in [1.807, 2.05) is 38.1 Å². The number of pyridine rings is 1. The maximum Gasteiger partial charge on any atom is 0.263 e. The fraction of sp³-hybridized carbons (Fsp3) is 0.368. The van der Waals surface area contributed by atoms with Crippen LogP contribution in [0, 0.1) is 6.92 Å². The maximum atomic E-state index is 13.1. The van der Waals surface area contributed by atoms with Crippen LogP contribution in [0.4, 0.5) is 5.69 Å². The molecule has 3 rings (SSSR count). The second-order valence-corrected chi connectivity index (χ2v) is 5.80. The van der Waals surface area contributed by atoms with Crippen LogP contribution >= 0.6 is 0 Å². The third-order valence-corrected chi connectivity index (χ3v) is 4.14. The molecule has 1 amide bonds. The number of aromatic nitrogens is 1. The fourth-order valence-corrected chi connectivity index (χ4v) is 2.85. The van der Waals surface area contributed by atoms with Crippen molar-refractivity contribution in [3.05, 3.63) is 53.7 Å². The van der Waals surface area contributed by atoms with Crippen LogP contribution in [0.5, 0.6) is 5.88 Å². The van der Waals surface area contributed by atoms with E-state index in [1.54, 1.807) is 23.2 Å². The van der Waals surface area contributed by atoms with Crippen molar-refractivity contribution in [3.8, 4) is 5.88 Å². The Morgan fingerprint density at radius 2 is 2.17 bits per heavy atom. The number of nitrogens with zero attached hydrogens (tertiary/aromatic N) is 2. The molecule has 0 unspecified atom stereocenters. The van der Waals surface area contributed by atoms with Gasteiger partial charge in [-0.2, -0.15) is 0 Å². The molecule has 0 radical (unpaired) electrons. The van der Waals surface area contributed by atoms with Crippen LogP contribution in [-0.4, -0.2) is 36.8 Å². The summed E-state index contributed by atoms with van der Waals surface area (Å²) in [4.78, 5) is 19.1. The van der Waals surface area contributed by atoms with Gasteiger partial charge in [-0.15, -0.1) is 0 Å². The molecule has 0 N–H and O–H groups in total. The van der Waals surface area contributed by atoms with E-state index < -0.39 is 0 Å². The van der Waals surface area contributed by atoms with Crippen molar-refractivity contribution in [2.75, 3.05) is 24.7 Å². The first kappa shape index (κ1) is 16.5. The van der Waals surface area contributed by atoms with Gasteiger partial charge in [-0.3, -0.25) is 4.79 Å². The predicted molar refractivity (Wildman–Crippen MR) is 92.6 cm³/mol. The zero-order chi connectivity index (χ0) is 16.9. The van der Waals surface area contributed by atoms with Crippen LogP contribution in [0.25, 0.3) is 0 Å². The summed E-state index contributed by atoms with van der Waals surface area (Å²) < 4.78 is 11.2. The number of hydrogen-bond donors (Lipinski definition) is 0. The van der Waals surface area contributed by atoms with E-state index >= 15 is 0 Å². The largest absolute Gasteiger partial charge is 0.471 e. The molecule has 1 aromatic carbocycles. The van der Waals surface area contributed by atoms with E-state index in [9.17, 15) is 4.79 Å². The van der Waals surface area contributed by atoms with Crippen LogP contribution in [0.3, 0.4) is 0 Å². The zero-order valence-corrected chi connectivity index (χ0v) is 14.1. The molecule has 1 aliphatic rings. The Morgan fingerprint density at radius 1 is 1.33 bits per heavy atom. The number of carbonyl (C=O) groups is 1. The monoisotopic (exact) mass is 326 g/mol. The van der Waals surface area contributed by atoms with Crippen LogP contribution < -0.4 is 9.64 Å². The Kier molecular flexibility index (Phi) is 5.11. The van der Waals surface area contributed by atoms with Gasteiger partial charge in [0.2, 0.25) is 5.88 Å². The van der Waals surface area contributed by atoms with E-state index in [4.69, 9.17) is 9.47 Å². The molecule has 2 heterocycles. The van der Waals surface area contributed by atoms with Crippen molar-refractivity contribution in [2.24, 2.45) is 0 Å². The molecule has 5 nitrogen and oxygen atoms in total. The van der Waals surface area contributed by atoms with Gasteiger partial charge >= 0.3 is 0 Å². The smallest absolute Gasteiger partial charge is 0.263 e.